The molecule has 1 amide bonds. The van der Waals surface area contributed by atoms with Crippen LogP contribution in [0.25, 0.3) is 22.4 Å². The van der Waals surface area contributed by atoms with Crippen molar-refractivity contribution < 1.29 is 13.7 Å². The highest BCUT2D eigenvalue weighted by molar-refractivity contribution is 6.14. The molecule has 1 aliphatic carbocycles. The zero-order chi connectivity index (χ0) is 19.1. The van der Waals surface area contributed by atoms with Crippen molar-refractivity contribution >= 4 is 22.7 Å². The van der Waals surface area contributed by atoms with Crippen LogP contribution in [0.1, 0.15) is 34.8 Å². The van der Waals surface area contributed by atoms with Gasteiger partial charge < -0.3 is 9.84 Å². The number of anilines is 1. The maximum absolute atomic E-state index is 13.3. The molecule has 1 aromatic carbocycles. The maximum Gasteiger partial charge on any atom is 0.259 e. The van der Waals surface area contributed by atoms with Gasteiger partial charge in [-0.2, -0.15) is 0 Å². The fourth-order valence-corrected chi connectivity index (χ4v) is 3.18. The molecular formula is C21H15FN4O2. The summed E-state index contributed by atoms with van der Waals surface area (Å²) in [6, 6.07) is 11.1. The predicted octanol–water partition coefficient (Wildman–Crippen LogP) is 4.55. The number of hydrogen-bond acceptors (Lipinski definition) is 5. The van der Waals surface area contributed by atoms with Crippen molar-refractivity contribution in [1.82, 2.24) is 15.1 Å². The summed E-state index contributed by atoms with van der Waals surface area (Å²) in [5.41, 5.74) is 3.32. The number of carbonyl (C=O) groups is 1. The van der Waals surface area contributed by atoms with Crippen LogP contribution in [-0.4, -0.2) is 21.0 Å². The number of nitrogens with zero attached hydrogens (tertiary/aromatic N) is 3. The molecule has 138 valence electrons. The minimum Gasteiger partial charge on any atom is -0.335 e. The van der Waals surface area contributed by atoms with Gasteiger partial charge in [0.05, 0.1) is 10.9 Å². The Morgan fingerprint density at radius 1 is 1.11 bits per heavy atom. The largest absolute Gasteiger partial charge is 0.335 e. The van der Waals surface area contributed by atoms with Crippen molar-refractivity contribution in [3.63, 3.8) is 0 Å². The van der Waals surface area contributed by atoms with Gasteiger partial charge in [-0.25, -0.2) is 9.37 Å². The molecule has 5 rings (SSSR count). The molecule has 3 aromatic heterocycles. The molecule has 0 atom stereocenters. The first-order valence-corrected chi connectivity index (χ1v) is 8.96. The van der Waals surface area contributed by atoms with E-state index in [4.69, 9.17) is 4.52 Å². The molecule has 28 heavy (non-hydrogen) atoms. The van der Waals surface area contributed by atoms with E-state index in [2.05, 4.69) is 20.4 Å². The van der Waals surface area contributed by atoms with Crippen LogP contribution in [0.3, 0.4) is 0 Å². The van der Waals surface area contributed by atoms with Gasteiger partial charge in [-0.1, -0.05) is 5.16 Å². The lowest BCUT2D eigenvalue weighted by Crippen LogP contribution is -2.13. The molecule has 7 heteroatoms. The maximum atomic E-state index is 13.3. The van der Waals surface area contributed by atoms with Gasteiger partial charge in [0.25, 0.3) is 11.6 Å². The van der Waals surface area contributed by atoms with E-state index >= 15 is 0 Å². The summed E-state index contributed by atoms with van der Waals surface area (Å²) in [7, 11) is 0. The number of pyridine rings is 2. The second-order valence-corrected chi connectivity index (χ2v) is 6.78. The summed E-state index contributed by atoms with van der Waals surface area (Å²) >= 11 is 0. The summed E-state index contributed by atoms with van der Waals surface area (Å²) in [5.74, 6) is -0.287. The van der Waals surface area contributed by atoms with E-state index in [1.165, 1.54) is 12.1 Å². The first-order chi connectivity index (χ1) is 13.7. The third-order valence-electron chi connectivity index (χ3n) is 4.76. The second-order valence-electron chi connectivity index (χ2n) is 6.78. The molecule has 1 saturated carbocycles. The monoisotopic (exact) mass is 374 g/mol. The Balaban J connectivity index is 1.65. The molecule has 1 fully saturated rings. The highest BCUT2D eigenvalue weighted by Crippen LogP contribution is 2.41. The van der Waals surface area contributed by atoms with Gasteiger partial charge in [-0.05, 0) is 55.3 Å². The summed E-state index contributed by atoms with van der Waals surface area (Å²) in [6.07, 6.45) is 5.30. The first kappa shape index (κ1) is 16.6. The smallest absolute Gasteiger partial charge is 0.259 e. The highest BCUT2D eigenvalue weighted by Gasteiger charge is 2.29. The normalized spacial score (nSPS) is 13.6. The molecule has 3 heterocycles. The SMILES string of the molecule is O=C(Nc1ccncc1)c1cc(C2CC2)nc2onc(-c3ccc(F)cc3)c12. The van der Waals surface area contributed by atoms with Crippen LogP contribution in [0, 0.1) is 5.82 Å². The number of amides is 1. The molecule has 0 aliphatic heterocycles. The number of halogens is 1. The van der Waals surface area contributed by atoms with Crippen LogP contribution in [0.4, 0.5) is 10.1 Å². The van der Waals surface area contributed by atoms with Crippen LogP contribution >= 0.6 is 0 Å². The van der Waals surface area contributed by atoms with Gasteiger partial charge in [-0.3, -0.25) is 9.78 Å². The van der Waals surface area contributed by atoms with E-state index in [0.717, 1.165) is 18.5 Å². The topological polar surface area (TPSA) is 80.9 Å². The van der Waals surface area contributed by atoms with Gasteiger partial charge >= 0.3 is 0 Å². The van der Waals surface area contributed by atoms with E-state index < -0.39 is 0 Å². The number of carbonyl (C=O) groups excluding carboxylic acids is 1. The number of rotatable bonds is 4. The van der Waals surface area contributed by atoms with Gasteiger partial charge in [0.2, 0.25) is 0 Å². The van der Waals surface area contributed by atoms with E-state index in [-0.39, 0.29) is 11.7 Å². The Hall–Kier alpha value is -3.61. The van der Waals surface area contributed by atoms with Crippen molar-refractivity contribution in [2.75, 3.05) is 5.32 Å². The lowest BCUT2D eigenvalue weighted by atomic mass is 10.0. The van der Waals surface area contributed by atoms with Crippen molar-refractivity contribution in [1.29, 1.82) is 0 Å². The molecule has 4 aromatic rings. The quantitative estimate of drug-likeness (QED) is 0.567. The molecule has 0 saturated heterocycles. The minimum absolute atomic E-state index is 0.285. The van der Waals surface area contributed by atoms with Crippen molar-refractivity contribution in [3.8, 4) is 11.3 Å². The van der Waals surface area contributed by atoms with E-state index in [9.17, 15) is 9.18 Å². The summed E-state index contributed by atoms with van der Waals surface area (Å²) < 4.78 is 18.8. The molecule has 0 bridgehead atoms. The number of benzene rings is 1. The Labute approximate surface area is 159 Å². The third kappa shape index (κ3) is 3.00. The number of aromatic nitrogens is 3. The van der Waals surface area contributed by atoms with Crippen LogP contribution in [-0.2, 0) is 0 Å². The lowest BCUT2D eigenvalue weighted by Gasteiger charge is -2.08. The zero-order valence-corrected chi connectivity index (χ0v) is 14.7. The highest BCUT2D eigenvalue weighted by atomic mass is 19.1. The van der Waals surface area contributed by atoms with Gasteiger partial charge in [0.15, 0.2) is 0 Å². The van der Waals surface area contributed by atoms with Gasteiger partial charge in [0, 0.05) is 35.3 Å². The molecule has 1 aliphatic rings. The number of nitrogens with one attached hydrogen (secondary N) is 1. The molecule has 1 N–H and O–H groups in total. The van der Waals surface area contributed by atoms with Gasteiger partial charge in [0.1, 0.15) is 11.5 Å². The fourth-order valence-electron chi connectivity index (χ4n) is 3.18. The summed E-state index contributed by atoms with van der Waals surface area (Å²) in [5, 5.41) is 7.51. The first-order valence-electron chi connectivity index (χ1n) is 8.96. The summed E-state index contributed by atoms with van der Waals surface area (Å²) in [4.78, 5) is 21.6. The van der Waals surface area contributed by atoms with Gasteiger partial charge in [-0.15, -0.1) is 0 Å². The van der Waals surface area contributed by atoms with E-state index in [1.54, 1.807) is 42.7 Å². The fraction of sp³-hybridized carbons (Fsp3) is 0.143. The Bertz CT molecular complexity index is 1170. The molecule has 0 unspecified atom stereocenters. The van der Waals surface area contributed by atoms with Crippen molar-refractivity contribution in [2.45, 2.75) is 18.8 Å². The number of fused-ring (bicyclic) bond motifs is 1. The van der Waals surface area contributed by atoms with Crippen LogP contribution in [0.5, 0.6) is 0 Å². The average molecular weight is 374 g/mol. The molecule has 0 spiro atoms. The van der Waals surface area contributed by atoms with Crippen LogP contribution < -0.4 is 5.32 Å². The van der Waals surface area contributed by atoms with E-state index in [1.807, 2.05) is 0 Å². The van der Waals surface area contributed by atoms with Crippen molar-refractivity contribution in [3.05, 3.63) is 71.9 Å². The van der Waals surface area contributed by atoms with E-state index in [0.29, 0.717) is 39.5 Å². The second kappa shape index (κ2) is 6.53. The minimum atomic E-state index is -0.346. The molecule has 0 radical (unpaired) electrons. The standard InChI is InChI=1S/C21H15FN4O2/c22-14-5-3-13(4-6-14)19-18-16(20(27)24-15-7-9-23-10-8-15)11-17(12-1-2-12)25-21(18)28-26-19/h3-12H,1-2H2,(H,23,24,27). The zero-order valence-electron chi connectivity index (χ0n) is 14.7. The third-order valence-corrected chi connectivity index (χ3v) is 4.76. The predicted molar refractivity (Wildman–Crippen MR) is 101 cm³/mol. The van der Waals surface area contributed by atoms with Crippen LogP contribution in [0.15, 0.2) is 59.4 Å². The Morgan fingerprint density at radius 2 is 1.86 bits per heavy atom. The average Bonchev–Trinajstić information content (AvgIpc) is 3.48. The Morgan fingerprint density at radius 3 is 2.57 bits per heavy atom. The van der Waals surface area contributed by atoms with Crippen molar-refractivity contribution in [2.24, 2.45) is 0 Å². The summed E-state index contributed by atoms with van der Waals surface area (Å²) in [6.45, 7) is 0. The molecule has 6 nitrogen and oxygen atoms in total. The number of hydrogen-bond donors (Lipinski definition) is 1. The Kier molecular flexibility index (Phi) is 3.86. The van der Waals surface area contributed by atoms with Crippen LogP contribution in [0.2, 0.25) is 0 Å². The lowest BCUT2D eigenvalue weighted by molar-refractivity contribution is 0.102. The molecular weight excluding hydrogens is 359 g/mol.